The van der Waals surface area contributed by atoms with E-state index in [0.717, 1.165) is 11.9 Å². The topological polar surface area (TPSA) is 38.9 Å². The fourth-order valence-corrected chi connectivity index (χ4v) is 3.06. The Balaban J connectivity index is 1.98. The first-order valence-electron chi connectivity index (χ1n) is 8.52. The summed E-state index contributed by atoms with van der Waals surface area (Å²) in [6.07, 6.45) is 6.29. The maximum atomic E-state index is 6.00. The number of nitrogens with two attached hydrogens (primary N) is 1. The second kappa shape index (κ2) is 7.28. The number of rotatable bonds is 6. The molecule has 1 aromatic heterocycles. The number of aryl methyl sites for hydroxylation is 1. The monoisotopic (exact) mass is 304 g/mol. The summed E-state index contributed by atoms with van der Waals surface area (Å²) in [7, 11) is 0. The van der Waals surface area contributed by atoms with E-state index in [4.69, 9.17) is 5.73 Å². The summed E-state index contributed by atoms with van der Waals surface area (Å²) in [4.78, 5) is 4.49. The van der Waals surface area contributed by atoms with Gasteiger partial charge in [0.1, 0.15) is 5.82 Å². The van der Waals surface area contributed by atoms with Gasteiger partial charge < -0.3 is 5.73 Å². The molecule has 23 heavy (non-hydrogen) atoms. The zero-order chi connectivity index (χ0) is 16.1. The molecule has 0 atom stereocenters. The third kappa shape index (κ3) is 3.70. The number of unbranched alkanes of at least 4 members (excludes halogenated alkanes) is 3. The minimum Gasteiger partial charge on any atom is -0.384 e. The van der Waals surface area contributed by atoms with E-state index in [0.29, 0.717) is 5.82 Å². The number of nitrogen functional groups attached to an aromatic ring is 1. The molecule has 2 heteroatoms. The summed E-state index contributed by atoms with van der Waals surface area (Å²) in [5, 5.41) is 1.19. The summed E-state index contributed by atoms with van der Waals surface area (Å²) < 4.78 is 0. The maximum absolute atomic E-state index is 6.00. The van der Waals surface area contributed by atoms with Gasteiger partial charge in [0.2, 0.25) is 0 Å². The van der Waals surface area contributed by atoms with Crippen molar-refractivity contribution in [3.05, 3.63) is 60.2 Å². The summed E-state index contributed by atoms with van der Waals surface area (Å²) in [5.74, 6) is 0.576. The molecule has 0 fully saturated rings. The Morgan fingerprint density at radius 2 is 1.74 bits per heavy atom. The second-order valence-electron chi connectivity index (χ2n) is 6.12. The first kappa shape index (κ1) is 15.5. The van der Waals surface area contributed by atoms with Gasteiger partial charge in [-0.15, -0.1) is 0 Å². The van der Waals surface area contributed by atoms with Crippen LogP contribution in [-0.4, -0.2) is 4.98 Å². The van der Waals surface area contributed by atoms with Crippen LogP contribution in [0.2, 0.25) is 0 Å². The van der Waals surface area contributed by atoms with E-state index < -0.39 is 0 Å². The molecule has 0 unspecified atom stereocenters. The third-order valence-corrected chi connectivity index (χ3v) is 4.30. The molecular formula is C21H24N2. The van der Waals surface area contributed by atoms with Crippen LogP contribution in [0.15, 0.2) is 54.6 Å². The van der Waals surface area contributed by atoms with Gasteiger partial charge in [0.15, 0.2) is 0 Å². The van der Waals surface area contributed by atoms with Crippen LogP contribution in [-0.2, 0) is 6.42 Å². The lowest BCUT2D eigenvalue weighted by atomic mass is 9.98. The predicted octanol–water partition coefficient (Wildman–Crippen LogP) is 5.61. The normalized spacial score (nSPS) is 11.0. The highest BCUT2D eigenvalue weighted by molar-refractivity contribution is 5.96. The minimum absolute atomic E-state index is 0.576. The smallest absolute Gasteiger partial charge is 0.124 e. The Morgan fingerprint density at radius 3 is 2.52 bits per heavy atom. The average molecular weight is 304 g/mol. The van der Waals surface area contributed by atoms with Crippen LogP contribution in [0.5, 0.6) is 0 Å². The first-order valence-corrected chi connectivity index (χ1v) is 8.52. The van der Waals surface area contributed by atoms with E-state index in [9.17, 15) is 0 Å². The molecule has 0 amide bonds. The molecule has 0 spiro atoms. The molecule has 0 aliphatic heterocycles. The maximum Gasteiger partial charge on any atom is 0.124 e. The lowest BCUT2D eigenvalue weighted by Crippen LogP contribution is -1.94. The van der Waals surface area contributed by atoms with Crippen molar-refractivity contribution in [1.29, 1.82) is 0 Å². The average Bonchev–Trinajstić information content (AvgIpc) is 2.59. The molecular weight excluding hydrogens is 280 g/mol. The van der Waals surface area contributed by atoms with E-state index in [2.05, 4.69) is 54.4 Å². The van der Waals surface area contributed by atoms with Crippen molar-refractivity contribution in [3.8, 4) is 11.1 Å². The molecule has 2 N–H and O–H groups in total. The fraction of sp³-hybridized carbons (Fsp3) is 0.286. The third-order valence-electron chi connectivity index (χ3n) is 4.30. The zero-order valence-electron chi connectivity index (χ0n) is 13.8. The number of aromatic nitrogens is 1. The highest BCUT2D eigenvalue weighted by atomic mass is 14.8. The molecule has 3 aromatic rings. The van der Waals surface area contributed by atoms with Gasteiger partial charge in [-0.3, -0.25) is 0 Å². The lowest BCUT2D eigenvalue weighted by molar-refractivity contribution is 0.667. The van der Waals surface area contributed by atoms with Gasteiger partial charge in [0.25, 0.3) is 0 Å². The Kier molecular flexibility index (Phi) is 4.92. The summed E-state index contributed by atoms with van der Waals surface area (Å²) in [5.41, 5.74) is 10.7. The number of benzene rings is 2. The van der Waals surface area contributed by atoms with E-state index in [-0.39, 0.29) is 0 Å². The molecule has 0 radical (unpaired) electrons. The van der Waals surface area contributed by atoms with Crippen molar-refractivity contribution >= 4 is 16.7 Å². The largest absolute Gasteiger partial charge is 0.384 e. The van der Waals surface area contributed by atoms with Crippen LogP contribution < -0.4 is 5.73 Å². The van der Waals surface area contributed by atoms with Crippen molar-refractivity contribution in [1.82, 2.24) is 4.98 Å². The number of pyridine rings is 1. The van der Waals surface area contributed by atoms with Crippen molar-refractivity contribution in [2.24, 2.45) is 0 Å². The minimum atomic E-state index is 0.576. The summed E-state index contributed by atoms with van der Waals surface area (Å²) in [6.45, 7) is 2.25. The highest BCUT2D eigenvalue weighted by Gasteiger charge is 2.07. The van der Waals surface area contributed by atoms with E-state index in [1.807, 2.05) is 12.1 Å². The molecule has 1 heterocycles. The predicted molar refractivity (Wildman–Crippen MR) is 99.4 cm³/mol. The van der Waals surface area contributed by atoms with E-state index >= 15 is 0 Å². The van der Waals surface area contributed by atoms with Crippen molar-refractivity contribution in [2.45, 2.75) is 39.0 Å². The van der Waals surface area contributed by atoms with Gasteiger partial charge in [0.05, 0.1) is 5.52 Å². The highest BCUT2D eigenvalue weighted by Crippen LogP contribution is 2.30. The molecule has 118 valence electrons. The molecule has 0 saturated carbocycles. The van der Waals surface area contributed by atoms with Crippen LogP contribution in [0.4, 0.5) is 5.82 Å². The van der Waals surface area contributed by atoms with Crippen LogP contribution in [0.1, 0.15) is 38.2 Å². The number of fused-ring (bicyclic) bond motifs is 1. The summed E-state index contributed by atoms with van der Waals surface area (Å²) in [6, 6.07) is 19.0. The van der Waals surface area contributed by atoms with Gasteiger partial charge in [-0.2, -0.15) is 0 Å². The second-order valence-corrected chi connectivity index (χ2v) is 6.12. The van der Waals surface area contributed by atoms with Crippen molar-refractivity contribution < 1.29 is 0 Å². The van der Waals surface area contributed by atoms with Crippen LogP contribution in [0.25, 0.3) is 22.0 Å². The van der Waals surface area contributed by atoms with Gasteiger partial charge in [-0.1, -0.05) is 62.6 Å². The molecule has 2 nitrogen and oxygen atoms in total. The SMILES string of the molecule is CCCCCCc1ccc2nc(N)cc(-c3ccccc3)c2c1. The molecule has 2 aromatic carbocycles. The van der Waals surface area contributed by atoms with Crippen LogP contribution in [0.3, 0.4) is 0 Å². The number of hydrogen-bond acceptors (Lipinski definition) is 2. The summed E-state index contributed by atoms with van der Waals surface area (Å²) >= 11 is 0. The van der Waals surface area contributed by atoms with Gasteiger partial charge in [0, 0.05) is 5.39 Å². The molecule has 0 aliphatic carbocycles. The van der Waals surface area contributed by atoms with Crippen molar-refractivity contribution in [2.75, 3.05) is 5.73 Å². The van der Waals surface area contributed by atoms with Crippen LogP contribution >= 0.6 is 0 Å². The van der Waals surface area contributed by atoms with Gasteiger partial charge >= 0.3 is 0 Å². The zero-order valence-corrected chi connectivity index (χ0v) is 13.8. The lowest BCUT2D eigenvalue weighted by Gasteiger charge is -2.10. The number of nitrogens with zero attached hydrogens (tertiary/aromatic N) is 1. The van der Waals surface area contributed by atoms with E-state index in [1.54, 1.807) is 0 Å². The van der Waals surface area contributed by atoms with Gasteiger partial charge in [-0.05, 0) is 47.7 Å². The van der Waals surface area contributed by atoms with Gasteiger partial charge in [-0.25, -0.2) is 4.98 Å². The molecule has 3 rings (SSSR count). The number of hydrogen-bond donors (Lipinski definition) is 1. The Bertz CT molecular complexity index is 778. The molecule has 0 saturated heterocycles. The molecule has 0 bridgehead atoms. The first-order chi connectivity index (χ1) is 11.3. The van der Waals surface area contributed by atoms with E-state index in [1.165, 1.54) is 47.8 Å². The Morgan fingerprint density at radius 1 is 0.913 bits per heavy atom. The van der Waals surface area contributed by atoms with Crippen molar-refractivity contribution in [3.63, 3.8) is 0 Å². The fourth-order valence-electron chi connectivity index (χ4n) is 3.06. The number of anilines is 1. The standard InChI is InChI=1S/C21H24N2/c1-2-3-4-6-9-16-12-13-20-19(14-16)18(15-21(22)23-20)17-10-7-5-8-11-17/h5,7-8,10-15H,2-4,6,9H2,1H3,(H2,22,23). The molecule has 0 aliphatic rings. The Hall–Kier alpha value is -2.35. The van der Waals surface area contributed by atoms with Crippen LogP contribution in [0, 0.1) is 0 Å². The Labute approximate surface area is 138 Å². The quantitative estimate of drug-likeness (QED) is 0.601.